The first-order valence-electron chi connectivity index (χ1n) is 8.54. The van der Waals surface area contributed by atoms with E-state index < -0.39 is 0 Å². The van der Waals surface area contributed by atoms with Gasteiger partial charge >= 0.3 is 0 Å². The first kappa shape index (κ1) is 17.7. The number of carbonyl (C=O) groups is 1. The molecule has 0 unspecified atom stereocenters. The average molecular weight is 356 g/mol. The van der Waals surface area contributed by atoms with Gasteiger partial charge in [-0.15, -0.1) is 23.4 Å². The number of aryl methyl sites for hydroxylation is 1. The van der Waals surface area contributed by atoms with Gasteiger partial charge in [0.25, 0.3) is 0 Å². The molecule has 3 rings (SSSR count). The maximum absolute atomic E-state index is 12.7. The number of rotatable bonds is 9. The summed E-state index contributed by atoms with van der Waals surface area (Å²) in [7, 11) is 0. The van der Waals surface area contributed by atoms with Crippen LogP contribution in [0.3, 0.4) is 0 Å². The Bertz CT molecular complexity index is 814. The molecule has 0 bridgehead atoms. The first-order valence-corrected chi connectivity index (χ1v) is 9.53. The summed E-state index contributed by atoms with van der Waals surface area (Å²) in [5, 5.41) is 9.42. The van der Waals surface area contributed by atoms with Crippen LogP contribution in [0, 0.1) is 13.8 Å². The van der Waals surface area contributed by atoms with Crippen LogP contribution in [0.4, 0.5) is 0 Å². The molecule has 0 aromatic carbocycles. The predicted molar refractivity (Wildman–Crippen MR) is 101 cm³/mol. The lowest BCUT2D eigenvalue weighted by Gasteiger charge is -2.07. The summed E-state index contributed by atoms with van der Waals surface area (Å²) >= 11 is 1.46. The standard InChI is InChI=1S/C19H24N4OS/c1-5-9-22-13(3)11-16(14(22)4)17(24)12-25-19-21-20-18(15-7-8-15)23(19)10-6-2/h5-6,11,15H,1-2,7-10,12H2,3-4H3. The van der Waals surface area contributed by atoms with Crippen LogP contribution >= 0.6 is 11.8 Å². The second-order valence-electron chi connectivity index (χ2n) is 6.41. The van der Waals surface area contributed by atoms with Crippen molar-refractivity contribution in [3.8, 4) is 0 Å². The third-order valence-electron chi connectivity index (χ3n) is 4.52. The van der Waals surface area contributed by atoms with Gasteiger partial charge in [-0.3, -0.25) is 4.79 Å². The fourth-order valence-electron chi connectivity index (χ4n) is 3.05. The molecule has 25 heavy (non-hydrogen) atoms. The number of ketones is 1. The van der Waals surface area contributed by atoms with Gasteiger partial charge in [-0.2, -0.15) is 0 Å². The molecule has 0 amide bonds. The van der Waals surface area contributed by atoms with Crippen LogP contribution in [-0.2, 0) is 13.1 Å². The largest absolute Gasteiger partial charge is 0.345 e. The molecule has 1 saturated carbocycles. The zero-order valence-electron chi connectivity index (χ0n) is 14.9. The summed E-state index contributed by atoms with van der Waals surface area (Å²) in [6.07, 6.45) is 6.05. The molecular formula is C19H24N4OS. The number of Topliss-reactive ketones (excluding diaryl/α,β-unsaturated/α-hetero) is 1. The van der Waals surface area contributed by atoms with Crippen molar-refractivity contribution in [3.63, 3.8) is 0 Å². The maximum Gasteiger partial charge on any atom is 0.191 e. The lowest BCUT2D eigenvalue weighted by atomic mass is 10.2. The molecule has 2 aromatic heterocycles. The Kier molecular flexibility index (Phi) is 5.27. The van der Waals surface area contributed by atoms with Gasteiger partial charge in [0.1, 0.15) is 5.82 Å². The molecule has 0 aliphatic heterocycles. The highest BCUT2D eigenvalue weighted by Gasteiger charge is 2.30. The van der Waals surface area contributed by atoms with E-state index in [1.54, 1.807) is 0 Å². The number of aromatic nitrogens is 4. The second kappa shape index (κ2) is 7.44. The minimum Gasteiger partial charge on any atom is -0.345 e. The van der Waals surface area contributed by atoms with E-state index in [0.717, 1.165) is 34.5 Å². The molecular weight excluding hydrogens is 332 g/mol. The van der Waals surface area contributed by atoms with E-state index in [-0.39, 0.29) is 5.78 Å². The summed E-state index contributed by atoms with van der Waals surface area (Å²) in [4.78, 5) is 12.7. The monoisotopic (exact) mass is 356 g/mol. The van der Waals surface area contributed by atoms with E-state index in [4.69, 9.17) is 0 Å². The highest BCUT2D eigenvalue weighted by atomic mass is 32.2. The molecule has 1 fully saturated rings. The van der Waals surface area contributed by atoms with Gasteiger partial charge in [-0.25, -0.2) is 0 Å². The van der Waals surface area contributed by atoms with E-state index in [2.05, 4.69) is 32.5 Å². The maximum atomic E-state index is 12.7. The molecule has 132 valence electrons. The van der Waals surface area contributed by atoms with Crippen LogP contribution in [0.1, 0.15) is 46.3 Å². The summed E-state index contributed by atoms with van der Waals surface area (Å²) in [6, 6.07) is 1.96. The molecule has 1 aliphatic carbocycles. The Morgan fingerprint density at radius 3 is 2.56 bits per heavy atom. The summed E-state index contributed by atoms with van der Waals surface area (Å²) in [6.45, 7) is 13.0. The minimum absolute atomic E-state index is 0.120. The smallest absolute Gasteiger partial charge is 0.191 e. The van der Waals surface area contributed by atoms with Crippen LogP contribution in [0.2, 0.25) is 0 Å². The Balaban J connectivity index is 1.73. The van der Waals surface area contributed by atoms with Crippen molar-refractivity contribution in [1.82, 2.24) is 19.3 Å². The molecule has 5 nitrogen and oxygen atoms in total. The number of nitrogens with zero attached hydrogens (tertiary/aromatic N) is 4. The van der Waals surface area contributed by atoms with Gasteiger partial charge in [0.2, 0.25) is 0 Å². The normalized spacial score (nSPS) is 13.8. The van der Waals surface area contributed by atoms with Crippen molar-refractivity contribution in [1.29, 1.82) is 0 Å². The first-order chi connectivity index (χ1) is 12.1. The molecule has 1 aliphatic rings. The van der Waals surface area contributed by atoms with Gasteiger partial charge in [-0.1, -0.05) is 23.9 Å². The van der Waals surface area contributed by atoms with Crippen LogP contribution in [-0.4, -0.2) is 30.9 Å². The zero-order valence-corrected chi connectivity index (χ0v) is 15.7. The fraction of sp³-hybridized carbons (Fsp3) is 0.421. The second-order valence-corrected chi connectivity index (χ2v) is 7.35. The van der Waals surface area contributed by atoms with Gasteiger partial charge in [0.15, 0.2) is 10.9 Å². The summed E-state index contributed by atoms with van der Waals surface area (Å²) in [5.74, 6) is 2.03. The molecule has 0 atom stereocenters. The Hall–Kier alpha value is -2.08. The molecule has 0 saturated heterocycles. The highest BCUT2D eigenvalue weighted by molar-refractivity contribution is 7.99. The van der Waals surface area contributed by atoms with E-state index in [0.29, 0.717) is 18.2 Å². The lowest BCUT2D eigenvalue weighted by Crippen LogP contribution is -2.08. The summed E-state index contributed by atoms with van der Waals surface area (Å²) in [5.41, 5.74) is 2.86. The van der Waals surface area contributed by atoms with Gasteiger partial charge in [0, 0.05) is 36.0 Å². The molecule has 0 N–H and O–H groups in total. The molecule has 2 heterocycles. The van der Waals surface area contributed by atoms with Crippen molar-refractivity contribution in [2.45, 2.75) is 50.9 Å². The summed E-state index contributed by atoms with van der Waals surface area (Å²) < 4.78 is 4.19. The molecule has 2 aromatic rings. The van der Waals surface area contributed by atoms with Crippen LogP contribution < -0.4 is 0 Å². The quantitative estimate of drug-likeness (QED) is 0.388. The molecule has 6 heteroatoms. The van der Waals surface area contributed by atoms with Gasteiger partial charge < -0.3 is 9.13 Å². The van der Waals surface area contributed by atoms with Crippen LogP contribution in [0.25, 0.3) is 0 Å². The van der Waals surface area contributed by atoms with Crippen molar-refractivity contribution < 1.29 is 4.79 Å². The topological polar surface area (TPSA) is 52.7 Å². The third kappa shape index (κ3) is 3.63. The van der Waals surface area contributed by atoms with E-state index in [9.17, 15) is 4.79 Å². The number of thioether (sulfide) groups is 1. The molecule has 0 radical (unpaired) electrons. The zero-order chi connectivity index (χ0) is 18.0. The van der Waals surface area contributed by atoms with Crippen LogP contribution in [0.5, 0.6) is 0 Å². The highest BCUT2D eigenvalue weighted by Crippen LogP contribution is 2.40. The van der Waals surface area contributed by atoms with Crippen LogP contribution in [0.15, 0.2) is 36.5 Å². The fourth-order valence-corrected chi connectivity index (χ4v) is 3.89. The number of hydrogen-bond acceptors (Lipinski definition) is 4. The van der Waals surface area contributed by atoms with Gasteiger partial charge in [0.05, 0.1) is 5.75 Å². The molecule has 0 spiro atoms. The van der Waals surface area contributed by atoms with Crippen molar-refractivity contribution in [2.75, 3.05) is 5.75 Å². The predicted octanol–water partition coefficient (Wildman–Crippen LogP) is 3.92. The Morgan fingerprint density at radius 2 is 1.92 bits per heavy atom. The number of hydrogen-bond donors (Lipinski definition) is 0. The SMILES string of the molecule is C=CCn1c(SCC(=O)c2cc(C)n(CC=C)c2C)nnc1C1CC1. The third-order valence-corrected chi connectivity index (χ3v) is 5.48. The number of carbonyl (C=O) groups excluding carboxylic acids is 1. The van der Waals surface area contributed by atoms with Crippen molar-refractivity contribution in [2.24, 2.45) is 0 Å². The van der Waals surface area contributed by atoms with E-state index >= 15 is 0 Å². The Labute approximate surface area is 152 Å². The Morgan fingerprint density at radius 1 is 1.24 bits per heavy atom. The van der Waals surface area contributed by atoms with Gasteiger partial charge in [-0.05, 0) is 32.8 Å². The van der Waals surface area contributed by atoms with E-state index in [1.807, 2.05) is 32.1 Å². The average Bonchev–Trinajstić information content (AvgIpc) is 3.30. The van der Waals surface area contributed by atoms with E-state index in [1.165, 1.54) is 24.6 Å². The van der Waals surface area contributed by atoms with Crippen molar-refractivity contribution >= 4 is 17.5 Å². The number of allylic oxidation sites excluding steroid dienone is 2. The lowest BCUT2D eigenvalue weighted by molar-refractivity contribution is 0.102. The van der Waals surface area contributed by atoms with Crippen molar-refractivity contribution in [3.05, 3.63) is 54.2 Å². The minimum atomic E-state index is 0.120.